The molecule has 1 amide bonds. The van der Waals surface area contributed by atoms with E-state index in [1.165, 1.54) is 23.3 Å². The number of aliphatic carboxylic acids is 1. The first-order valence-corrected chi connectivity index (χ1v) is 22.1. The molecule has 346 valence electrons. The number of benzene rings is 5. The molecule has 13 heteroatoms. The number of likely N-dealkylation sites (N-methyl/N-ethyl adjacent to an activating group) is 1. The van der Waals surface area contributed by atoms with Crippen molar-refractivity contribution in [3.63, 3.8) is 0 Å². The van der Waals surface area contributed by atoms with E-state index in [-0.39, 0.29) is 48.8 Å². The fourth-order valence-corrected chi connectivity index (χ4v) is 9.40. The summed E-state index contributed by atoms with van der Waals surface area (Å²) in [5.74, 6) is 0.177. The second kappa shape index (κ2) is 20.7. The number of carboxylic acid groups (broad SMARTS) is 1. The molecule has 1 aliphatic heterocycles. The Morgan fingerprint density at radius 3 is 2.05 bits per heavy atom. The second-order valence-electron chi connectivity index (χ2n) is 17.1. The highest BCUT2D eigenvalue weighted by molar-refractivity contribution is 6.12. The molecule has 0 spiro atoms. The molecule has 0 saturated carbocycles. The van der Waals surface area contributed by atoms with Crippen molar-refractivity contribution in [3.05, 3.63) is 137 Å². The normalized spacial score (nSPS) is 14.8. The number of ether oxygens (including phenoxy) is 3. The molecule has 3 atom stereocenters. The topological polar surface area (TPSA) is 163 Å². The van der Waals surface area contributed by atoms with Crippen LogP contribution >= 0.6 is 0 Å². The minimum absolute atomic E-state index is 0.0939. The minimum Gasteiger partial charge on any atom is -0.504 e. The highest BCUT2D eigenvalue weighted by Crippen LogP contribution is 2.53. The number of carbonyl (C=O) groups excluding carboxylic acids is 1. The molecule has 0 bridgehead atoms. The SMILES string of the molecule is CC(C)c1c(C(=O)Nc2ccccc2)c(-c2ccccc2)c(-c2ccc(F)cc2)n1CC[C@@H](O)C[C@@H](O)CC(=O)O.COc1cc2c(cc1OC)-c1c(O)c(OC)cc3c1C(C2)N(C)CC3. The highest BCUT2D eigenvalue weighted by Gasteiger charge is 2.37. The van der Waals surface area contributed by atoms with Crippen LogP contribution in [-0.4, -0.2) is 88.9 Å². The van der Waals surface area contributed by atoms with E-state index >= 15 is 0 Å². The summed E-state index contributed by atoms with van der Waals surface area (Å²) in [6.45, 7) is 5.25. The van der Waals surface area contributed by atoms with Crippen LogP contribution in [0.25, 0.3) is 33.5 Å². The van der Waals surface area contributed by atoms with Gasteiger partial charge in [0.1, 0.15) is 5.82 Å². The molecule has 12 nitrogen and oxygen atoms in total. The summed E-state index contributed by atoms with van der Waals surface area (Å²) < 4.78 is 32.4. The Balaban J connectivity index is 0.000000220. The number of hydrogen-bond donors (Lipinski definition) is 5. The van der Waals surface area contributed by atoms with Crippen molar-refractivity contribution in [2.45, 2.75) is 76.7 Å². The second-order valence-corrected chi connectivity index (χ2v) is 17.1. The number of fused-ring (bicyclic) bond motifs is 2. The maximum absolute atomic E-state index is 14.0. The van der Waals surface area contributed by atoms with Gasteiger partial charge in [0, 0.05) is 41.6 Å². The molecule has 8 rings (SSSR count). The summed E-state index contributed by atoms with van der Waals surface area (Å²) in [5.41, 5.74) is 10.3. The molecule has 5 aromatic carbocycles. The van der Waals surface area contributed by atoms with Gasteiger partial charge in [0.15, 0.2) is 23.0 Å². The van der Waals surface area contributed by atoms with E-state index in [0.29, 0.717) is 45.3 Å². The molecule has 2 heterocycles. The third-order valence-corrected chi connectivity index (χ3v) is 12.4. The predicted octanol–water partition coefficient (Wildman–Crippen LogP) is 9.48. The number of amides is 1. The number of phenols is 1. The van der Waals surface area contributed by atoms with Gasteiger partial charge in [-0.15, -0.1) is 0 Å². The lowest BCUT2D eigenvalue weighted by Gasteiger charge is -2.40. The van der Waals surface area contributed by atoms with Crippen molar-refractivity contribution < 1.29 is 48.6 Å². The Bertz CT molecular complexity index is 2670. The Kier molecular flexibility index (Phi) is 14.8. The van der Waals surface area contributed by atoms with Crippen molar-refractivity contribution in [2.24, 2.45) is 0 Å². The molecule has 5 N–H and O–H groups in total. The first-order chi connectivity index (χ1) is 31.7. The average Bonchev–Trinajstić information content (AvgIpc) is 3.66. The summed E-state index contributed by atoms with van der Waals surface area (Å²) in [6, 6.07) is 31.0. The van der Waals surface area contributed by atoms with Gasteiger partial charge in [0.05, 0.1) is 51.2 Å². The number of rotatable bonds is 15. The minimum atomic E-state index is -1.18. The Morgan fingerprint density at radius 1 is 0.803 bits per heavy atom. The van der Waals surface area contributed by atoms with Crippen LogP contribution in [0.3, 0.4) is 0 Å². The number of para-hydroxylation sites is 1. The van der Waals surface area contributed by atoms with Crippen LogP contribution in [0.1, 0.15) is 77.8 Å². The number of aliphatic hydroxyl groups is 2. The maximum Gasteiger partial charge on any atom is 0.305 e. The highest BCUT2D eigenvalue weighted by atomic mass is 19.1. The van der Waals surface area contributed by atoms with Crippen molar-refractivity contribution in [1.29, 1.82) is 0 Å². The molecule has 1 aliphatic carbocycles. The number of methoxy groups -OCH3 is 3. The molecular formula is C53H58FN3O9. The molecule has 6 aromatic rings. The molecule has 2 aliphatic rings. The Hall–Kier alpha value is -6.67. The number of aromatic hydroxyl groups is 1. The average molecular weight is 900 g/mol. The van der Waals surface area contributed by atoms with E-state index in [1.54, 1.807) is 33.5 Å². The van der Waals surface area contributed by atoms with Crippen molar-refractivity contribution in [3.8, 4) is 56.5 Å². The zero-order chi connectivity index (χ0) is 47.2. The number of halogens is 1. The van der Waals surface area contributed by atoms with Crippen LogP contribution in [-0.2, 0) is 24.2 Å². The summed E-state index contributed by atoms with van der Waals surface area (Å²) in [7, 11) is 7.01. The van der Waals surface area contributed by atoms with Crippen LogP contribution in [0.4, 0.5) is 10.1 Å². The molecule has 66 heavy (non-hydrogen) atoms. The number of nitrogens with one attached hydrogen (secondary N) is 1. The number of phenolic OH excluding ortho intramolecular Hbond substituents is 1. The van der Waals surface area contributed by atoms with Crippen molar-refractivity contribution >= 4 is 17.6 Å². The van der Waals surface area contributed by atoms with E-state index < -0.39 is 24.6 Å². The zero-order valence-corrected chi connectivity index (χ0v) is 38.2. The van der Waals surface area contributed by atoms with Gasteiger partial charge in [-0.3, -0.25) is 14.5 Å². The Morgan fingerprint density at radius 2 is 1.42 bits per heavy atom. The lowest BCUT2D eigenvalue weighted by atomic mass is 9.76. The van der Waals surface area contributed by atoms with E-state index in [4.69, 9.17) is 19.3 Å². The molecule has 0 saturated heterocycles. The lowest BCUT2D eigenvalue weighted by molar-refractivity contribution is -0.139. The monoisotopic (exact) mass is 899 g/mol. The third-order valence-electron chi connectivity index (χ3n) is 12.4. The quantitative estimate of drug-likeness (QED) is 0.0671. The van der Waals surface area contributed by atoms with Gasteiger partial charge in [-0.05, 0) is 127 Å². The van der Waals surface area contributed by atoms with Gasteiger partial charge in [-0.2, -0.15) is 0 Å². The number of nitrogens with zero attached hydrogens (tertiary/aromatic N) is 2. The fraction of sp³-hybridized carbons (Fsp3) is 0.321. The van der Waals surface area contributed by atoms with Crippen molar-refractivity contribution in [1.82, 2.24) is 9.47 Å². The van der Waals surface area contributed by atoms with Gasteiger partial charge in [-0.1, -0.05) is 62.4 Å². The summed E-state index contributed by atoms with van der Waals surface area (Å²) >= 11 is 0. The smallest absolute Gasteiger partial charge is 0.305 e. The maximum atomic E-state index is 14.0. The number of hydrogen-bond acceptors (Lipinski definition) is 9. The van der Waals surface area contributed by atoms with Crippen molar-refractivity contribution in [2.75, 3.05) is 40.2 Å². The Labute approximate surface area is 384 Å². The third kappa shape index (κ3) is 9.93. The van der Waals surface area contributed by atoms with Gasteiger partial charge in [0.2, 0.25) is 0 Å². The lowest BCUT2D eigenvalue weighted by Crippen LogP contribution is -2.35. The predicted molar refractivity (Wildman–Crippen MR) is 253 cm³/mol. The van der Waals surface area contributed by atoms with E-state index in [0.717, 1.165) is 47.3 Å². The standard InChI is InChI=1S/C33H35FN2O5.C20H23NO4/c1-21(2)31-30(33(41)35-25-11-7-4-8-12-25)29(22-9-5-3-6-10-22)32(23-13-15-24(34)16-14-23)36(31)18-17-26(37)19-27(38)20-28(39)40;1-21-6-5-11-8-17(25-4)20(22)19-13-10-16(24-3)15(23-2)9-12(13)7-14(21)18(11)19/h3-16,21,26-27,37-38H,17-20H2,1-2H3,(H,35,41)(H,39,40);8-10,14,22H,5-7H2,1-4H3/t26-,27-;/m1./s1. The first-order valence-electron chi connectivity index (χ1n) is 22.1. The number of carboxylic acids is 1. The van der Waals surface area contributed by atoms with Crippen LogP contribution in [0.5, 0.6) is 23.0 Å². The van der Waals surface area contributed by atoms with Gasteiger partial charge in [0.25, 0.3) is 5.91 Å². The number of aliphatic hydroxyl groups excluding tert-OH is 2. The molecular weight excluding hydrogens is 842 g/mol. The molecule has 0 radical (unpaired) electrons. The van der Waals surface area contributed by atoms with E-state index in [2.05, 4.69) is 17.3 Å². The molecule has 1 aromatic heterocycles. The summed E-state index contributed by atoms with van der Waals surface area (Å²) in [6.07, 6.45) is -0.668. The molecule has 1 unspecified atom stereocenters. The first kappa shape index (κ1) is 47.3. The largest absolute Gasteiger partial charge is 0.504 e. The fourth-order valence-electron chi connectivity index (χ4n) is 9.40. The number of carbonyl (C=O) groups is 2. The number of anilines is 1. The van der Waals surface area contributed by atoms with Crippen LogP contribution in [0, 0.1) is 5.82 Å². The molecule has 0 fully saturated rings. The van der Waals surface area contributed by atoms with Crippen LogP contribution < -0.4 is 19.5 Å². The van der Waals surface area contributed by atoms with Gasteiger partial charge >= 0.3 is 5.97 Å². The van der Waals surface area contributed by atoms with Gasteiger partial charge < -0.3 is 44.5 Å². The summed E-state index contributed by atoms with van der Waals surface area (Å²) in [5, 5.41) is 43.7. The number of aromatic nitrogens is 1. The zero-order valence-electron chi connectivity index (χ0n) is 38.2. The van der Waals surface area contributed by atoms with E-state index in [1.807, 2.05) is 97.3 Å². The van der Waals surface area contributed by atoms with Crippen LogP contribution in [0.15, 0.2) is 103 Å². The van der Waals surface area contributed by atoms with E-state index in [9.17, 15) is 29.3 Å². The van der Waals surface area contributed by atoms with Crippen LogP contribution in [0.2, 0.25) is 0 Å². The van der Waals surface area contributed by atoms with Gasteiger partial charge in [-0.25, -0.2) is 4.39 Å². The summed E-state index contributed by atoms with van der Waals surface area (Å²) in [4.78, 5) is 27.4.